The summed E-state index contributed by atoms with van der Waals surface area (Å²) in [6.45, 7) is 3.71. The number of hydrogen-bond acceptors (Lipinski definition) is 3. The van der Waals surface area contributed by atoms with Gasteiger partial charge in [-0.15, -0.1) is 0 Å². The number of carbonyl (C=O) groups excluding carboxylic acids is 2. The second kappa shape index (κ2) is 7.95. The van der Waals surface area contributed by atoms with E-state index in [1.54, 1.807) is 0 Å². The highest BCUT2D eigenvalue weighted by Crippen LogP contribution is 2.29. The van der Waals surface area contributed by atoms with E-state index < -0.39 is 11.9 Å². The Morgan fingerprint density at radius 1 is 1.12 bits per heavy atom. The van der Waals surface area contributed by atoms with Crippen LogP contribution in [0.2, 0.25) is 0 Å². The molecule has 1 aromatic carbocycles. The molecule has 2 unspecified atom stereocenters. The third-order valence-electron chi connectivity index (χ3n) is 4.56. The first-order valence-corrected chi connectivity index (χ1v) is 8.25. The highest BCUT2D eigenvalue weighted by Gasteiger charge is 2.31. The van der Waals surface area contributed by atoms with Gasteiger partial charge in [-0.1, -0.05) is 24.6 Å². The molecular formula is C18H24N2O4. The number of carboxylic acids is 1. The number of amides is 2. The molecule has 130 valence electrons. The molecule has 0 heterocycles. The molecule has 0 saturated heterocycles. The number of anilines is 1. The maximum Gasteiger partial charge on any atom is 0.306 e. The van der Waals surface area contributed by atoms with Crippen LogP contribution >= 0.6 is 0 Å². The number of para-hydroxylation sites is 1. The molecule has 1 saturated carbocycles. The third kappa shape index (κ3) is 4.57. The fourth-order valence-electron chi connectivity index (χ4n) is 3.16. The summed E-state index contributed by atoms with van der Waals surface area (Å²) in [5.74, 6) is -2.16. The lowest BCUT2D eigenvalue weighted by molar-refractivity contribution is -0.144. The van der Waals surface area contributed by atoms with Crippen molar-refractivity contribution in [1.82, 2.24) is 5.32 Å². The Hall–Kier alpha value is -2.37. The molecule has 3 N–H and O–H groups in total. The summed E-state index contributed by atoms with van der Waals surface area (Å²) in [7, 11) is 0. The van der Waals surface area contributed by atoms with E-state index in [0.29, 0.717) is 19.3 Å². The minimum Gasteiger partial charge on any atom is -0.481 e. The Balaban J connectivity index is 1.85. The molecule has 1 aliphatic rings. The average Bonchev–Trinajstić information content (AvgIpc) is 2.56. The maximum absolute atomic E-state index is 12.2. The van der Waals surface area contributed by atoms with E-state index in [4.69, 9.17) is 5.11 Å². The number of rotatable bonds is 5. The third-order valence-corrected chi connectivity index (χ3v) is 4.56. The van der Waals surface area contributed by atoms with Gasteiger partial charge in [0.15, 0.2) is 0 Å². The van der Waals surface area contributed by atoms with Crippen LogP contribution in [-0.2, 0) is 14.4 Å². The summed E-state index contributed by atoms with van der Waals surface area (Å²) < 4.78 is 0. The predicted molar refractivity (Wildman–Crippen MR) is 90.6 cm³/mol. The summed E-state index contributed by atoms with van der Waals surface area (Å²) in [5, 5.41) is 14.5. The molecule has 0 aliphatic heterocycles. The first kappa shape index (κ1) is 18.0. The van der Waals surface area contributed by atoms with Crippen molar-refractivity contribution in [3.63, 3.8) is 0 Å². The quantitative estimate of drug-likeness (QED) is 0.770. The molecule has 1 fully saturated rings. The van der Waals surface area contributed by atoms with Crippen LogP contribution in [-0.4, -0.2) is 29.4 Å². The smallest absolute Gasteiger partial charge is 0.306 e. The lowest BCUT2D eigenvalue weighted by Gasteiger charge is -2.25. The second-order valence-electron chi connectivity index (χ2n) is 6.43. The highest BCUT2D eigenvalue weighted by atomic mass is 16.4. The number of hydrogen-bond donors (Lipinski definition) is 3. The summed E-state index contributed by atoms with van der Waals surface area (Å²) in [6.07, 6.45) is 2.36. The number of aryl methyl sites for hydroxylation is 2. The van der Waals surface area contributed by atoms with Crippen molar-refractivity contribution >= 4 is 23.5 Å². The zero-order chi connectivity index (χ0) is 17.7. The Bertz CT molecular complexity index is 622. The van der Waals surface area contributed by atoms with Crippen molar-refractivity contribution in [3.8, 4) is 0 Å². The van der Waals surface area contributed by atoms with Crippen LogP contribution in [0.25, 0.3) is 0 Å². The largest absolute Gasteiger partial charge is 0.481 e. The van der Waals surface area contributed by atoms with Gasteiger partial charge in [-0.25, -0.2) is 0 Å². The van der Waals surface area contributed by atoms with Crippen LogP contribution in [0.15, 0.2) is 18.2 Å². The Kier molecular flexibility index (Phi) is 5.95. The maximum atomic E-state index is 12.2. The van der Waals surface area contributed by atoms with Crippen LogP contribution in [0, 0.1) is 25.7 Å². The molecule has 6 heteroatoms. The zero-order valence-corrected chi connectivity index (χ0v) is 14.1. The Labute approximate surface area is 141 Å². The van der Waals surface area contributed by atoms with Gasteiger partial charge in [0.25, 0.3) is 0 Å². The monoisotopic (exact) mass is 332 g/mol. The molecule has 6 nitrogen and oxygen atoms in total. The molecule has 2 amide bonds. The van der Waals surface area contributed by atoms with Crippen LogP contribution in [0.4, 0.5) is 5.69 Å². The zero-order valence-electron chi connectivity index (χ0n) is 14.1. The van der Waals surface area contributed by atoms with Crippen molar-refractivity contribution < 1.29 is 19.5 Å². The molecule has 2 atom stereocenters. The van der Waals surface area contributed by atoms with Gasteiger partial charge < -0.3 is 15.7 Å². The molecule has 0 spiro atoms. The van der Waals surface area contributed by atoms with E-state index in [9.17, 15) is 14.4 Å². The van der Waals surface area contributed by atoms with E-state index in [1.807, 2.05) is 32.0 Å². The summed E-state index contributed by atoms with van der Waals surface area (Å²) in [6, 6.07) is 5.74. The minimum atomic E-state index is -0.847. The standard InChI is InChI=1S/C18H24N2O4/c1-11-5-3-6-12(2)16(11)20-15(21)10-19-17(22)13-7-4-8-14(9-13)18(23)24/h3,5-6,13-14H,4,7-10H2,1-2H3,(H,19,22)(H,20,21)(H,23,24). The van der Waals surface area contributed by atoms with Gasteiger partial charge in [0.05, 0.1) is 12.5 Å². The van der Waals surface area contributed by atoms with Gasteiger partial charge in [0, 0.05) is 11.6 Å². The van der Waals surface area contributed by atoms with E-state index >= 15 is 0 Å². The van der Waals surface area contributed by atoms with E-state index in [-0.39, 0.29) is 24.3 Å². The molecule has 24 heavy (non-hydrogen) atoms. The Morgan fingerprint density at radius 3 is 2.38 bits per heavy atom. The molecule has 1 aliphatic carbocycles. The van der Waals surface area contributed by atoms with Crippen molar-refractivity contribution in [2.75, 3.05) is 11.9 Å². The average molecular weight is 332 g/mol. The summed E-state index contributed by atoms with van der Waals surface area (Å²) in [4.78, 5) is 35.3. The normalized spacial score (nSPS) is 20.2. The van der Waals surface area contributed by atoms with Gasteiger partial charge in [0.2, 0.25) is 11.8 Å². The van der Waals surface area contributed by atoms with Gasteiger partial charge in [0.1, 0.15) is 0 Å². The molecule has 2 rings (SSSR count). The van der Waals surface area contributed by atoms with Crippen LogP contribution in [0.5, 0.6) is 0 Å². The first-order chi connectivity index (χ1) is 11.4. The summed E-state index contributed by atoms with van der Waals surface area (Å²) >= 11 is 0. The lowest BCUT2D eigenvalue weighted by atomic mass is 9.81. The van der Waals surface area contributed by atoms with E-state index in [0.717, 1.165) is 23.2 Å². The van der Waals surface area contributed by atoms with Gasteiger partial charge in [-0.05, 0) is 44.2 Å². The molecule has 0 aromatic heterocycles. The molecule has 0 radical (unpaired) electrons. The number of benzene rings is 1. The number of aliphatic carboxylic acids is 1. The minimum absolute atomic E-state index is 0.110. The number of carboxylic acid groups (broad SMARTS) is 1. The van der Waals surface area contributed by atoms with Crippen LogP contribution < -0.4 is 10.6 Å². The van der Waals surface area contributed by atoms with Crippen molar-refractivity contribution in [2.24, 2.45) is 11.8 Å². The first-order valence-electron chi connectivity index (χ1n) is 8.25. The number of nitrogens with one attached hydrogen (secondary N) is 2. The highest BCUT2D eigenvalue weighted by molar-refractivity contribution is 5.96. The fourth-order valence-corrected chi connectivity index (χ4v) is 3.16. The lowest BCUT2D eigenvalue weighted by Crippen LogP contribution is -2.39. The SMILES string of the molecule is Cc1cccc(C)c1NC(=O)CNC(=O)C1CCCC(C(=O)O)C1. The fraction of sp³-hybridized carbons (Fsp3) is 0.500. The molecular weight excluding hydrogens is 308 g/mol. The van der Waals surface area contributed by atoms with Crippen molar-refractivity contribution in [2.45, 2.75) is 39.5 Å². The Morgan fingerprint density at radius 2 is 1.75 bits per heavy atom. The molecule has 1 aromatic rings. The number of carbonyl (C=O) groups is 3. The second-order valence-corrected chi connectivity index (χ2v) is 6.43. The van der Waals surface area contributed by atoms with E-state index in [2.05, 4.69) is 10.6 Å². The molecule has 0 bridgehead atoms. The van der Waals surface area contributed by atoms with Crippen molar-refractivity contribution in [3.05, 3.63) is 29.3 Å². The summed E-state index contributed by atoms with van der Waals surface area (Å²) in [5.41, 5.74) is 2.69. The topological polar surface area (TPSA) is 95.5 Å². The van der Waals surface area contributed by atoms with Gasteiger partial charge in [-0.2, -0.15) is 0 Å². The van der Waals surface area contributed by atoms with E-state index in [1.165, 1.54) is 0 Å². The van der Waals surface area contributed by atoms with Crippen LogP contribution in [0.1, 0.15) is 36.8 Å². The van der Waals surface area contributed by atoms with Gasteiger partial charge >= 0.3 is 5.97 Å². The van der Waals surface area contributed by atoms with Gasteiger partial charge in [-0.3, -0.25) is 14.4 Å². The van der Waals surface area contributed by atoms with Crippen molar-refractivity contribution in [1.29, 1.82) is 0 Å². The van der Waals surface area contributed by atoms with Crippen LogP contribution in [0.3, 0.4) is 0 Å². The predicted octanol–water partition coefficient (Wildman–Crippen LogP) is 2.25.